The number of thiophene rings is 1. The minimum absolute atomic E-state index is 0.0523. The van der Waals surface area contributed by atoms with Crippen LogP contribution in [0, 0.1) is 11.7 Å². The molecular formula is C28H31ClFN3O3S. The van der Waals surface area contributed by atoms with Crippen LogP contribution in [-0.2, 0) is 11.2 Å². The fourth-order valence-electron chi connectivity index (χ4n) is 4.33. The van der Waals surface area contributed by atoms with Crippen LogP contribution in [0.3, 0.4) is 0 Å². The Morgan fingerprint density at radius 1 is 1.24 bits per heavy atom. The van der Waals surface area contributed by atoms with Crippen molar-refractivity contribution in [3.05, 3.63) is 81.3 Å². The molecule has 2 aromatic carbocycles. The second kappa shape index (κ2) is 12.4. The molecule has 1 aromatic heterocycles. The number of urea groups is 1. The Hall–Kier alpha value is -3.10. The molecule has 0 saturated heterocycles. The largest absolute Gasteiger partial charge is 0.491 e. The van der Waals surface area contributed by atoms with E-state index >= 15 is 0 Å². The summed E-state index contributed by atoms with van der Waals surface area (Å²) in [4.78, 5) is 31.5. The van der Waals surface area contributed by atoms with Crippen LogP contribution in [0.1, 0.15) is 36.8 Å². The first-order valence-electron chi connectivity index (χ1n) is 12.4. The Morgan fingerprint density at radius 3 is 2.76 bits per heavy atom. The number of hydrogen-bond donors (Lipinski definition) is 1. The number of carbonyl (C=O) groups is 2. The smallest absolute Gasteiger partial charge is 0.322 e. The zero-order valence-electron chi connectivity index (χ0n) is 21.0. The zero-order chi connectivity index (χ0) is 26.4. The fraction of sp³-hybridized carbons (Fsp3) is 0.357. The molecule has 0 fully saturated rings. The van der Waals surface area contributed by atoms with Gasteiger partial charge >= 0.3 is 6.03 Å². The molecule has 3 aromatic rings. The summed E-state index contributed by atoms with van der Waals surface area (Å²) < 4.78 is 19.3. The molecule has 0 aliphatic carbocycles. The molecule has 0 radical (unpaired) electrons. The Morgan fingerprint density at radius 2 is 2.03 bits per heavy atom. The van der Waals surface area contributed by atoms with Crippen LogP contribution in [0.4, 0.5) is 14.9 Å². The summed E-state index contributed by atoms with van der Waals surface area (Å²) >= 11 is 7.75. The van der Waals surface area contributed by atoms with E-state index in [1.165, 1.54) is 17.0 Å². The van der Waals surface area contributed by atoms with Gasteiger partial charge in [0.15, 0.2) is 0 Å². The van der Waals surface area contributed by atoms with Crippen molar-refractivity contribution in [3.8, 4) is 5.75 Å². The van der Waals surface area contributed by atoms with E-state index in [4.69, 9.17) is 16.3 Å². The van der Waals surface area contributed by atoms with Crippen molar-refractivity contribution in [2.45, 2.75) is 32.7 Å². The first kappa shape index (κ1) is 26.9. The Bertz CT molecular complexity index is 1220. The first-order valence-corrected chi connectivity index (χ1v) is 13.7. The average molecular weight is 544 g/mol. The minimum atomic E-state index is -0.344. The van der Waals surface area contributed by atoms with Crippen LogP contribution in [0.2, 0.25) is 5.02 Å². The highest BCUT2D eigenvalue weighted by Gasteiger charge is 2.33. The van der Waals surface area contributed by atoms with Crippen molar-refractivity contribution in [2.24, 2.45) is 5.92 Å². The van der Waals surface area contributed by atoms with Crippen molar-refractivity contribution < 1.29 is 18.7 Å². The Labute approximate surface area is 226 Å². The number of ether oxygens (including phenoxy) is 1. The van der Waals surface area contributed by atoms with Crippen LogP contribution in [-0.4, -0.2) is 48.0 Å². The van der Waals surface area contributed by atoms with Crippen molar-refractivity contribution in [2.75, 3.05) is 31.6 Å². The number of hydrogen-bond acceptors (Lipinski definition) is 4. The van der Waals surface area contributed by atoms with Crippen LogP contribution in [0.5, 0.6) is 5.75 Å². The predicted molar refractivity (Wildman–Crippen MR) is 146 cm³/mol. The van der Waals surface area contributed by atoms with Gasteiger partial charge in [-0.2, -0.15) is 0 Å². The molecule has 3 amide bonds. The number of nitrogens with zero attached hydrogens (tertiary/aromatic N) is 2. The van der Waals surface area contributed by atoms with Crippen molar-refractivity contribution in [1.82, 2.24) is 9.80 Å². The van der Waals surface area contributed by atoms with E-state index in [1.54, 1.807) is 57.5 Å². The van der Waals surface area contributed by atoms with Crippen LogP contribution >= 0.6 is 22.9 Å². The second-order valence-corrected chi connectivity index (χ2v) is 10.7. The van der Waals surface area contributed by atoms with E-state index in [0.29, 0.717) is 29.5 Å². The Balaban J connectivity index is 1.50. The van der Waals surface area contributed by atoms with E-state index in [9.17, 15) is 14.0 Å². The molecule has 6 nitrogen and oxygen atoms in total. The number of amides is 3. The highest BCUT2D eigenvalue weighted by Crippen LogP contribution is 2.34. The monoisotopic (exact) mass is 543 g/mol. The quantitative estimate of drug-likeness (QED) is 0.329. The van der Waals surface area contributed by atoms with E-state index in [1.807, 2.05) is 11.4 Å². The zero-order valence-corrected chi connectivity index (χ0v) is 22.5. The van der Waals surface area contributed by atoms with Gasteiger partial charge in [0, 0.05) is 28.7 Å². The summed E-state index contributed by atoms with van der Waals surface area (Å²) in [6, 6.07) is 14.2. The second-order valence-electron chi connectivity index (χ2n) is 9.25. The fourth-order valence-corrected chi connectivity index (χ4v) is 5.45. The summed E-state index contributed by atoms with van der Waals surface area (Å²) in [5.74, 6) is 0.282. The van der Waals surface area contributed by atoms with Gasteiger partial charge < -0.3 is 19.9 Å². The molecule has 9 heteroatoms. The summed E-state index contributed by atoms with van der Waals surface area (Å²) in [5.41, 5.74) is 1.63. The van der Waals surface area contributed by atoms with Gasteiger partial charge in [-0.05, 0) is 71.8 Å². The lowest BCUT2D eigenvalue weighted by Crippen LogP contribution is -2.49. The number of fused-ring (bicyclic) bond motifs is 1. The van der Waals surface area contributed by atoms with Gasteiger partial charge in [0.2, 0.25) is 5.91 Å². The summed E-state index contributed by atoms with van der Waals surface area (Å²) in [6.45, 7) is 5.29. The molecule has 0 unspecified atom stereocenters. The van der Waals surface area contributed by atoms with Gasteiger partial charge in [0.1, 0.15) is 24.7 Å². The number of nitrogens with one attached hydrogen (secondary N) is 1. The molecule has 2 heterocycles. The van der Waals surface area contributed by atoms with E-state index in [-0.39, 0.29) is 42.9 Å². The molecule has 0 spiro atoms. The lowest BCUT2D eigenvalue weighted by Gasteiger charge is -2.37. The highest BCUT2D eigenvalue weighted by atomic mass is 35.5. The molecule has 37 heavy (non-hydrogen) atoms. The number of halogens is 2. The van der Waals surface area contributed by atoms with Gasteiger partial charge in [0.05, 0.1) is 6.04 Å². The maximum absolute atomic E-state index is 13.7. The van der Waals surface area contributed by atoms with E-state index < -0.39 is 0 Å². The van der Waals surface area contributed by atoms with Gasteiger partial charge in [-0.15, -0.1) is 11.3 Å². The number of carbonyl (C=O) groups excluding carboxylic acids is 2. The number of anilines is 1. The molecule has 196 valence electrons. The maximum Gasteiger partial charge on any atom is 0.322 e. The topological polar surface area (TPSA) is 61.9 Å². The third-order valence-electron chi connectivity index (χ3n) is 6.55. The molecule has 1 N–H and O–H groups in total. The third kappa shape index (κ3) is 7.02. The molecule has 1 aliphatic heterocycles. The molecular weight excluding hydrogens is 513 g/mol. The SMILES string of the molecule is CC[C@@H](C)CN(CC(=O)N1CCc2sccc2[C@@H]1COc1ccc(F)cc1)C(=O)Nc1cccc(Cl)c1. The lowest BCUT2D eigenvalue weighted by atomic mass is 10.00. The van der Waals surface area contributed by atoms with Gasteiger partial charge in [-0.1, -0.05) is 37.9 Å². The normalized spacial score (nSPS) is 15.6. The van der Waals surface area contributed by atoms with E-state index in [0.717, 1.165) is 18.4 Å². The van der Waals surface area contributed by atoms with Gasteiger partial charge in [-0.25, -0.2) is 9.18 Å². The molecule has 2 atom stereocenters. The van der Waals surface area contributed by atoms with Crippen molar-refractivity contribution in [1.29, 1.82) is 0 Å². The predicted octanol–water partition coefficient (Wildman–Crippen LogP) is 6.63. The van der Waals surface area contributed by atoms with Crippen LogP contribution < -0.4 is 10.1 Å². The minimum Gasteiger partial charge on any atom is -0.491 e. The van der Waals surface area contributed by atoms with Crippen LogP contribution in [0.15, 0.2) is 60.0 Å². The van der Waals surface area contributed by atoms with Crippen molar-refractivity contribution >= 4 is 40.6 Å². The number of benzene rings is 2. The van der Waals surface area contributed by atoms with Crippen molar-refractivity contribution in [3.63, 3.8) is 0 Å². The summed E-state index contributed by atoms with van der Waals surface area (Å²) in [7, 11) is 0. The Kier molecular flexibility index (Phi) is 9.05. The maximum atomic E-state index is 13.7. The van der Waals surface area contributed by atoms with Gasteiger partial charge in [-0.3, -0.25) is 4.79 Å². The molecule has 0 bridgehead atoms. The van der Waals surface area contributed by atoms with E-state index in [2.05, 4.69) is 19.2 Å². The van der Waals surface area contributed by atoms with Gasteiger partial charge in [0.25, 0.3) is 0 Å². The summed E-state index contributed by atoms with van der Waals surface area (Å²) in [6.07, 6.45) is 1.64. The standard InChI is InChI=1S/C28H31ClFN3O3S/c1-3-19(2)16-32(28(35)31-22-6-4-5-20(29)15-22)17-27(34)33-13-11-26-24(12-14-37-26)25(33)18-36-23-9-7-21(30)8-10-23/h4-10,12,14-15,19,25H,3,11,13,16-18H2,1-2H3,(H,31,35)/t19-,25+/m1/s1. The lowest BCUT2D eigenvalue weighted by molar-refractivity contribution is -0.135. The average Bonchev–Trinajstić information content (AvgIpc) is 3.37. The number of rotatable bonds is 9. The summed E-state index contributed by atoms with van der Waals surface area (Å²) in [5, 5.41) is 5.42. The molecule has 0 saturated carbocycles. The third-order valence-corrected chi connectivity index (χ3v) is 7.79. The molecule has 4 rings (SSSR count). The van der Waals surface area contributed by atoms with Crippen LogP contribution in [0.25, 0.3) is 0 Å². The first-order chi connectivity index (χ1) is 17.8. The molecule has 1 aliphatic rings. The highest BCUT2D eigenvalue weighted by molar-refractivity contribution is 7.10.